The summed E-state index contributed by atoms with van der Waals surface area (Å²) in [5.74, 6) is -0.0241. The van der Waals surface area contributed by atoms with Crippen LogP contribution in [-0.4, -0.2) is 60.1 Å². The Morgan fingerprint density at radius 2 is 1.61 bits per heavy atom. The van der Waals surface area contributed by atoms with Crippen LogP contribution >= 0.6 is 0 Å². The van der Waals surface area contributed by atoms with Gasteiger partial charge in [0, 0.05) is 18.0 Å². The maximum absolute atomic E-state index is 12.5. The molecular formula is C20H28N3O5+. The first-order valence-electron chi connectivity index (χ1n) is 9.81. The Labute approximate surface area is 165 Å². The van der Waals surface area contributed by atoms with Crippen molar-refractivity contribution in [3.63, 3.8) is 0 Å². The third-order valence-electron chi connectivity index (χ3n) is 5.04. The molecule has 2 heterocycles. The monoisotopic (exact) mass is 390 g/mol. The van der Waals surface area contributed by atoms with E-state index in [0.29, 0.717) is 25.5 Å². The van der Waals surface area contributed by atoms with Gasteiger partial charge in [-0.15, -0.1) is 0 Å². The van der Waals surface area contributed by atoms with E-state index in [0.717, 1.165) is 39.0 Å². The molecule has 3 rings (SSSR count). The summed E-state index contributed by atoms with van der Waals surface area (Å²) in [4.78, 5) is 40.0. The van der Waals surface area contributed by atoms with Crippen LogP contribution in [-0.2, 0) is 22.6 Å². The number of carbonyl (C=O) groups excluding carboxylic acids is 3. The standard InChI is InChI=1S/C20H27N3O5/c1-5-27-16-9-14-7-8-21(11-15(14)10-17(16)28-6-2)12-22-18(24)19(25)23(13(3)4)20(22)26/h9-10,13H,5-8,11-12H2,1-4H3/p+1. The number of hydrogen-bond donors (Lipinski definition) is 1. The van der Waals surface area contributed by atoms with Gasteiger partial charge in [-0.1, -0.05) is 0 Å². The summed E-state index contributed by atoms with van der Waals surface area (Å²) in [5.41, 5.74) is 2.30. The van der Waals surface area contributed by atoms with Crippen LogP contribution in [0.1, 0.15) is 38.8 Å². The number of carbonyl (C=O) groups is 3. The molecule has 4 amide bonds. The lowest BCUT2D eigenvalue weighted by atomic mass is 9.99. The number of urea groups is 1. The van der Waals surface area contributed by atoms with E-state index in [-0.39, 0.29) is 12.7 Å². The number of benzene rings is 1. The molecule has 0 aliphatic carbocycles. The predicted octanol–water partition coefficient (Wildman–Crippen LogP) is 0.582. The Balaban J connectivity index is 1.76. The zero-order valence-corrected chi connectivity index (χ0v) is 16.9. The van der Waals surface area contributed by atoms with Gasteiger partial charge in [0.25, 0.3) is 0 Å². The normalized spacial score (nSPS) is 19.5. The highest BCUT2D eigenvalue weighted by atomic mass is 16.5. The van der Waals surface area contributed by atoms with Crippen molar-refractivity contribution in [2.75, 3.05) is 26.4 Å². The zero-order valence-electron chi connectivity index (χ0n) is 16.9. The topological polar surface area (TPSA) is 80.6 Å². The van der Waals surface area contributed by atoms with Gasteiger partial charge < -0.3 is 14.4 Å². The van der Waals surface area contributed by atoms with Crippen molar-refractivity contribution < 1.29 is 28.8 Å². The number of quaternary nitrogens is 1. The van der Waals surface area contributed by atoms with Gasteiger partial charge in [-0.05, 0) is 45.4 Å². The fraction of sp³-hybridized carbons (Fsp3) is 0.550. The van der Waals surface area contributed by atoms with Crippen molar-refractivity contribution in [1.29, 1.82) is 0 Å². The summed E-state index contributed by atoms with van der Waals surface area (Å²) in [6.07, 6.45) is 0.801. The highest BCUT2D eigenvalue weighted by molar-refractivity contribution is 6.44. The van der Waals surface area contributed by atoms with Crippen molar-refractivity contribution in [1.82, 2.24) is 9.80 Å². The summed E-state index contributed by atoms with van der Waals surface area (Å²) < 4.78 is 11.4. The molecule has 2 aliphatic rings. The Bertz CT molecular complexity index is 792. The molecule has 0 saturated carbocycles. The zero-order chi connectivity index (χ0) is 20.4. The lowest BCUT2D eigenvalue weighted by Gasteiger charge is -2.29. The highest BCUT2D eigenvalue weighted by Gasteiger charge is 2.47. The van der Waals surface area contributed by atoms with Crippen LogP contribution < -0.4 is 14.4 Å². The maximum Gasteiger partial charge on any atom is 0.338 e. The number of imide groups is 2. The molecule has 1 saturated heterocycles. The minimum absolute atomic E-state index is 0.184. The Morgan fingerprint density at radius 3 is 2.14 bits per heavy atom. The van der Waals surface area contributed by atoms with Crippen LogP contribution in [0, 0.1) is 0 Å². The van der Waals surface area contributed by atoms with Crippen molar-refractivity contribution in [2.45, 2.75) is 46.7 Å². The molecule has 0 spiro atoms. The van der Waals surface area contributed by atoms with E-state index in [1.165, 1.54) is 5.56 Å². The molecule has 152 valence electrons. The second kappa shape index (κ2) is 8.18. The fourth-order valence-electron chi connectivity index (χ4n) is 3.72. The lowest BCUT2D eigenvalue weighted by molar-refractivity contribution is -0.923. The molecule has 28 heavy (non-hydrogen) atoms. The minimum Gasteiger partial charge on any atom is -0.490 e. The van der Waals surface area contributed by atoms with Crippen LogP contribution in [0.4, 0.5) is 4.79 Å². The number of amides is 4. The summed E-state index contributed by atoms with van der Waals surface area (Å²) in [6.45, 7) is 10.0. The molecule has 2 aliphatic heterocycles. The van der Waals surface area contributed by atoms with Gasteiger partial charge >= 0.3 is 17.8 Å². The van der Waals surface area contributed by atoms with Crippen LogP contribution in [0.3, 0.4) is 0 Å². The number of hydrogen-bond acceptors (Lipinski definition) is 5. The van der Waals surface area contributed by atoms with Gasteiger partial charge in [-0.2, -0.15) is 0 Å². The van der Waals surface area contributed by atoms with Crippen LogP contribution in [0.25, 0.3) is 0 Å². The van der Waals surface area contributed by atoms with Crippen molar-refractivity contribution in [2.24, 2.45) is 0 Å². The van der Waals surface area contributed by atoms with Gasteiger partial charge in [-0.3, -0.25) is 14.5 Å². The molecular weight excluding hydrogens is 362 g/mol. The van der Waals surface area contributed by atoms with Gasteiger partial charge in [0.05, 0.1) is 19.8 Å². The van der Waals surface area contributed by atoms with Crippen molar-refractivity contribution in [3.05, 3.63) is 23.3 Å². The first-order chi connectivity index (χ1) is 13.4. The first kappa shape index (κ1) is 20.1. The number of fused-ring (bicyclic) bond motifs is 1. The molecule has 8 heteroatoms. The minimum atomic E-state index is -0.739. The largest absolute Gasteiger partial charge is 0.490 e. The highest BCUT2D eigenvalue weighted by Crippen LogP contribution is 2.32. The lowest BCUT2D eigenvalue weighted by Crippen LogP contribution is -3.13. The molecule has 1 N–H and O–H groups in total. The first-order valence-corrected chi connectivity index (χ1v) is 9.81. The summed E-state index contributed by atoms with van der Waals surface area (Å²) in [7, 11) is 0. The summed E-state index contributed by atoms with van der Waals surface area (Å²) in [5, 5.41) is 0. The molecule has 1 aromatic rings. The average Bonchev–Trinajstić information content (AvgIpc) is 2.86. The molecule has 0 aromatic heterocycles. The Morgan fingerprint density at radius 1 is 1.00 bits per heavy atom. The van der Waals surface area contributed by atoms with E-state index in [1.807, 2.05) is 26.0 Å². The second-order valence-electron chi connectivity index (χ2n) is 7.30. The molecule has 1 aromatic carbocycles. The quantitative estimate of drug-likeness (QED) is 0.544. The van der Waals surface area contributed by atoms with Crippen molar-refractivity contribution >= 4 is 17.8 Å². The molecule has 1 atom stereocenters. The maximum atomic E-state index is 12.5. The van der Waals surface area contributed by atoms with Crippen LogP contribution in [0.15, 0.2) is 12.1 Å². The molecule has 0 bridgehead atoms. The van der Waals surface area contributed by atoms with Gasteiger partial charge in [0.15, 0.2) is 18.2 Å². The van der Waals surface area contributed by atoms with E-state index in [2.05, 4.69) is 0 Å². The van der Waals surface area contributed by atoms with E-state index in [9.17, 15) is 14.4 Å². The predicted molar refractivity (Wildman–Crippen MR) is 101 cm³/mol. The third-order valence-corrected chi connectivity index (χ3v) is 5.04. The average molecular weight is 390 g/mol. The molecule has 1 unspecified atom stereocenters. The summed E-state index contributed by atoms with van der Waals surface area (Å²) >= 11 is 0. The Hall–Kier alpha value is -2.61. The summed E-state index contributed by atoms with van der Waals surface area (Å²) in [6, 6.07) is 3.15. The molecule has 8 nitrogen and oxygen atoms in total. The van der Waals surface area contributed by atoms with Gasteiger partial charge in [0.2, 0.25) is 0 Å². The van der Waals surface area contributed by atoms with Crippen LogP contribution in [0.5, 0.6) is 11.5 Å². The number of ether oxygens (including phenoxy) is 2. The fourth-order valence-corrected chi connectivity index (χ4v) is 3.72. The molecule has 0 radical (unpaired) electrons. The van der Waals surface area contributed by atoms with Gasteiger partial charge in [0.1, 0.15) is 6.54 Å². The van der Waals surface area contributed by atoms with E-state index >= 15 is 0 Å². The van der Waals surface area contributed by atoms with E-state index in [1.54, 1.807) is 13.8 Å². The number of rotatable bonds is 7. The molecule has 1 fully saturated rings. The third kappa shape index (κ3) is 3.69. The Kier molecular flexibility index (Phi) is 5.88. The van der Waals surface area contributed by atoms with Crippen molar-refractivity contribution in [3.8, 4) is 11.5 Å². The number of nitrogens with zero attached hydrogens (tertiary/aromatic N) is 2. The second-order valence-corrected chi connectivity index (χ2v) is 7.30. The van der Waals surface area contributed by atoms with E-state index < -0.39 is 17.8 Å². The van der Waals surface area contributed by atoms with E-state index in [4.69, 9.17) is 9.47 Å². The SMILES string of the molecule is CCOc1cc2c(cc1OCC)C[NH+](CN1C(=O)C(=O)N(C(C)C)C1=O)CC2. The van der Waals surface area contributed by atoms with Crippen LogP contribution in [0.2, 0.25) is 0 Å². The van der Waals surface area contributed by atoms with Gasteiger partial charge in [-0.25, -0.2) is 9.69 Å². The number of nitrogens with one attached hydrogen (secondary N) is 1. The smallest absolute Gasteiger partial charge is 0.338 e.